The maximum absolute atomic E-state index is 12.2. The minimum Gasteiger partial charge on any atom is -0.480 e. The minimum atomic E-state index is -1.10. The predicted octanol–water partition coefficient (Wildman–Crippen LogP) is -0.611. The van der Waals surface area contributed by atoms with E-state index in [0.717, 1.165) is 0 Å². The smallest absolute Gasteiger partial charge is 0.326 e. The number of amides is 1. The van der Waals surface area contributed by atoms with Crippen LogP contribution in [0.2, 0.25) is 0 Å². The number of likely N-dealkylation sites (tertiary alicyclic amines) is 1. The molecule has 0 saturated carbocycles. The summed E-state index contributed by atoms with van der Waals surface area (Å²) >= 11 is 0. The predicted molar refractivity (Wildman–Crippen MR) is 61.0 cm³/mol. The lowest BCUT2D eigenvalue weighted by molar-refractivity contribution is -0.141. The van der Waals surface area contributed by atoms with Gasteiger partial charge in [0.25, 0.3) is 5.91 Å². The highest BCUT2D eigenvalue weighted by atomic mass is 16.4. The van der Waals surface area contributed by atoms with E-state index in [9.17, 15) is 14.7 Å². The van der Waals surface area contributed by atoms with E-state index in [1.165, 1.54) is 9.58 Å². The van der Waals surface area contributed by atoms with Crippen LogP contribution in [0.15, 0.2) is 6.20 Å². The Bertz CT molecular complexity index is 496. The lowest BCUT2D eigenvalue weighted by atomic mass is 10.2. The summed E-state index contributed by atoms with van der Waals surface area (Å²) in [7, 11) is 1.69. The van der Waals surface area contributed by atoms with Crippen molar-refractivity contribution in [3.05, 3.63) is 17.5 Å². The molecule has 1 aliphatic rings. The van der Waals surface area contributed by atoms with Crippen LogP contribution in [0.25, 0.3) is 0 Å². The van der Waals surface area contributed by atoms with Crippen molar-refractivity contribution in [2.45, 2.75) is 25.5 Å². The Hall–Kier alpha value is -1.89. The zero-order valence-corrected chi connectivity index (χ0v) is 10.2. The summed E-state index contributed by atoms with van der Waals surface area (Å²) in [5, 5.41) is 22.6. The molecule has 0 bridgehead atoms. The molecule has 1 aromatic heterocycles. The molecule has 18 heavy (non-hydrogen) atoms. The Morgan fingerprint density at radius 3 is 2.67 bits per heavy atom. The van der Waals surface area contributed by atoms with Gasteiger partial charge in [-0.25, -0.2) is 4.79 Å². The molecule has 0 aromatic carbocycles. The van der Waals surface area contributed by atoms with Gasteiger partial charge in [0.1, 0.15) is 6.04 Å². The Kier molecular flexibility index (Phi) is 3.08. The van der Waals surface area contributed by atoms with Crippen LogP contribution in [0, 0.1) is 6.92 Å². The van der Waals surface area contributed by atoms with Gasteiger partial charge in [-0.05, 0) is 6.92 Å². The Morgan fingerprint density at radius 2 is 2.17 bits per heavy atom. The first kappa shape index (κ1) is 12.6. The number of aliphatic hydroxyl groups is 1. The molecule has 2 N–H and O–H groups in total. The molecule has 0 aliphatic carbocycles. The van der Waals surface area contributed by atoms with Crippen molar-refractivity contribution in [1.29, 1.82) is 0 Å². The Labute approximate surface area is 104 Å². The third-order valence-electron chi connectivity index (χ3n) is 3.07. The van der Waals surface area contributed by atoms with Crippen LogP contribution in [-0.4, -0.2) is 55.5 Å². The highest BCUT2D eigenvalue weighted by Gasteiger charge is 2.39. The highest BCUT2D eigenvalue weighted by molar-refractivity contribution is 5.97. The van der Waals surface area contributed by atoms with E-state index in [2.05, 4.69) is 5.10 Å². The molecule has 1 saturated heterocycles. The summed E-state index contributed by atoms with van der Waals surface area (Å²) in [6, 6.07) is -0.966. The molecule has 7 heteroatoms. The molecule has 0 spiro atoms. The third-order valence-corrected chi connectivity index (χ3v) is 3.07. The molecule has 2 atom stereocenters. The quantitative estimate of drug-likeness (QED) is 0.733. The molecule has 2 heterocycles. The topological polar surface area (TPSA) is 95.7 Å². The number of aliphatic carboxylic acids is 1. The van der Waals surface area contributed by atoms with Gasteiger partial charge in [-0.2, -0.15) is 5.10 Å². The van der Waals surface area contributed by atoms with Crippen molar-refractivity contribution in [1.82, 2.24) is 14.7 Å². The van der Waals surface area contributed by atoms with Gasteiger partial charge in [0, 0.05) is 26.2 Å². The summed E-state index contributed by atoms with van der Waals surface area (Å²) in [6.45, 7) is 1.74. The van der Waals surface area contributed by atoms with Crippen LogP contribution < -0.4 is 0 Å². The van der Waals surface area contributed by atoms with Gasteiger partial charge in [-0.3, -0.25) is 9.48 Å². The average Bonchev–Trinajstić information content (AvgIpc) is 2.81. The SMILES string of the molecule is Cc1nn(C)cc1C(=O)N1C[C@H](O)C[C@H]1C(=O)O. The van der Waals surface area contributed by atoms with Crippen molar-refractivity contribution in [3.8, 4) is 0 Å². The van der Waals surface area contributed by atoms with E-state index in [1.807, 2.05) is 0 Å². The lowest BCUT2D eigenvalue weighted by Gasteiger charge is -2.20. The summed E-state index contributed by atoms with van der Waals surface area (Å²) in [5.74, 6) is -1.49. The van der Waals surface area contributed by atoms with Crippen LogP contribution in [0.1, 0.15) is 22.5 Å². The molecule has 0 unspecified atom stereocenters. The Morgan fingerprint density at radius 1 is 1.50 bits per heavy atom. The fraction of sp³-hybridized carbons (Fsp3) is 0.545. The van der Waals surface area contributed by atoms with E-state index in [1.54, 1.807) is 20.2 Å². The van der Waals surface area contributed by atoms with Gasteiger partial charge in [-0.15, -0.1) is 0 Å². The number of β-amino-alcohol motifs (C(OH)–C–C–N with tert-alkyl or cyclic N) is 1. The van der Waals surface area contributed by atoms with Crippen molar-refractivity contribution in [2.75, 3.05) is 6.54 Å². The zero-order chi connectivity index (χ0) is 13.4. The summed E-state index contributed by atoms with van der Waals surface area (Å²) in [6.07, 6.45) is 0.841. The molecule has 7 nitrogen and oxygen atoms in total. The first-order chi connectivity index (χ1) is 8.40. The monoisotopic (exact) mass is 253 g/mol. The van der Waals surface area contributed by atoms with Gasteiger partial charge in [-0.1, -0.05) is 0 Å². The maximum Gasteiger partial charge on any atom is 0.326 e. The van der Waals surface area contributed by atoms with Crippen LogP contribution in [0.3, 0.4) is 0 Å². The van der Waals surface area contributed by atoms with Crippen molar-refractivity contribution in [3.63, 3.8) is 0 Å². The number of hydrogen-bond acceptors (Lipinski definition) is 4. The number of hydrogen-bond donors (Lipinski definition) is 2. The van der Waals surface area contributed by atoms with E-state index in [4.69, 9.17) is 5.11 Å². The second-order valence-electron chi connectivity index (χ2n) is 4.50. The van der Waals surface area contributed by atoms with Crippen molar-refractivity contribution < 1.29 is 19.8 Å². The first-order valence-electron chi connectivity index (χ1n) is 5.62. The molecule has 2 rings (SSSR count). The van der Waals surface area contributed by atoms with E-state index in [0.29, 0.717) is 11.3 Å². The second kappa shape index (κ2) is 4.41. The number of aliphatic hydroxyl groups excluding tert-OH is 1. The average molecular weight is 253 g/mol. The number of carbonyl (C=O) groups excluding carboxylic acids is 1. The number of aryl methyl sites for hydroxylation is 2. The van der Waals surface area contributed by atoms with E-state index >= 15 is 0 Å². The van der Waals surface area contributed by atoms with E-state index < -0.39 is 24.0 Å². The molecule has 1 aliphatic heterocycles. The fourth-order valence-corrected chi connectivity index (χ4v) is 2.24. The minimum absolute atomic E-state index is 0.0458. The number of nitrogens with zero attached hydrogens (tertiary/aromatic N) is 3. The third kappa shape index (κ3) is 2.08. The molecular weight excluding hydrogens is 238 g/mol. The fourth-order valence-electron chi connectivity index (χ4n) is 2.24. The Balaban J connectivity index is 2.28. The second-order valence-corrected chi connectivity index (χ2v) is 4.50. The van der Waals surface area contributed by atoms with Crippen LogP contribution in [0.5, 0.6) is 0 Å². The van der Waals surface area contributed by atoms with E-state index in [-0.39, 0.29) is 13.0 Å². The summed E-state index contributed by atoms with van der Waals surface area (Å²) in [5.41, 5.74) is 0.922. The number of carboxylic acid groups (broad SMARTS) is 1. The molecule has 98 valence electrons. The summed E-state index contributed by atoms with van der Waals surface area (Å²) in [4.78, 5) is 24.5. The van der Waals surface area contributed by atoms with Gasteiger partial charge in [0.2, 0.25) is 0 Å². The lowest BCUT2D eigenvalue weighted by Crippen LogP contribution is -2.40. The number of aromatic nitrogens is 2. The number of rotatable bonds is 2. The molecule has 1 aromatic rings. The van der Waals surface area contributed by atoms with Crippen LogP contribution >= 0.6 is 0 Å². The van der Waals surface area contributed by atoms with Gasteiger partial charge >= 0.3 is 5.97 Å². The van der Waals surface area contributed by atoms with Gasteiger partial charge in [0.15, 0.2) is 0 Å². The van der Waals surface area contributed by atoms with Crippen LogP contribution in [-0.2, 0) is 11.8 Å². The molecule has 1 fully saturated rings. The zero-order valence-electron chi connectivity index (χ0n) is 10.2. The van der Waals surface area contributed by atoms with Crippen molar-refractivity contribution >= 4 is 11.9 Å². The number of carboxylic acids is 1. The first-order valence-corrected chi connectivity index (χ1v) is 5.62. The number of carbonyl (C=O) groups is 2. The molecule has 1 amide bonds. The van der Waals surface area contributed by atoms with Crippen molar-refractivity contribution in [2.24, 2.45) is 7.05 Å². The summed E-state index contributed by atoms with van der Waals surface area (Å²) < 4.78 is 1.50. The van der Waals surface area contributed by atoms with Crippen LogP contribution in [0.4, 0.5) is 0 Å². The maximum atomic E-state index is 12.2. The molecular formula is C11H15N3O4. The normalized spacial score (nSPS) is 23.4. The highest BCUT2D eigenvalue weighted by Crippen LogP contribution is 2.21. The standard InChI is InChI=1S/C11H15N3O4/c1-6-8(5-13(2)12-6)10(16)14-4-7(15)3-9(14)11(17)18/h5,7,9,15H,3-4H2,1-2H3,(H,17,18)/t7-,9+/m1/s1. The van der Waals surface area contributed by atoms with Gasteiger partial charge in [0.05, 0.1) is 17.4 Å². The largest absolute Gasteiger partial charge is 0.480 e. The van der Waals surface area contributed by atoms with Gasteiger partial charge < -0.3 is 15.1 Å². The molecule has 0 radical (unpaired) electrons.